The van der Waals surface area contributed by atoms with Crippen LogP contribution in [0.2, 0.25) is 0 Å². The Balaban J connectivity index is 1.46. The molecule has 1 N–H and O–H groups in total. The van der Waals surface area contributed by atoms with Gasteiger partial charge in [-0.25, -0.2) is 4.98 Å². The van der Waals surface area contributed by atoms with Crippen molar-refractivity contribution in [1.82, 2.24) is 4.98 Å². The highest BCUT2D eigenvalue weighted by Crippen LogP contribution is 2.32. The maximum Gasteiger partial charge on any atom is 0.256 e. The Morgan fingerprint density at radius 2 is 1.73 bits per heavy atom. The van der Waals surface area contributed by atoms with Crippen molar-refractivity contribution in [1.29, 1.82) is 0 Å². The summed E-state index contributed by atoms with van der Waals surface area (Å²) in [5, 5.41) is 6.00. The highest BCUT2D eigenvalue weighted by Gasteiger charge is 2.13. The number of halogens is 1. The van der Waals surface area contributed by atoms with Crippen LogP contribution in [-0.4, -0.2) is 10.9 Å². The van der Waals surface area contributed by atoms with E-state index in [0.717, 1.165) is 42.6 Å². The van der Waals surface area contributed by atoms with Crippen LogP contribution in [0, 0.1) is 6.92 Å². The maximum atomic E-state index is 13.0. The molecule has 146 valence electrons. The summed E-state index contributed by atoms with van der Waals surface area (Å²) in [5.41, 5.74) is 4.53. The minimum Gasteiger partial charge on any atom is -0.322 e. The molecule has 0 fully saturated rings. The number of amides is 1. The van der Waals surface area contributed by atoms with Crippen molar-refractivity contribution >= 4 is 59.9 Å². The molecule has 0 spiro atoms. The van der Waals surface area contributed by atoms with Gasteiger partial charge in [-0.2, -0.15) is 0 Å². The first-order valence-electron chi connectivity index (χ1n) is 9.55. The van der Waals surface area contributed by atoms with E-state index in [1.807, 2.05) is 73.7 Å². The van der Waals surface area contributed by atoms with Crippen molar-refractivity contribution in [2.24, 2.45) is 0 Å². The van der Waals surface area contributed by atoms with Crippen molar-refractivity contribution in [2.75, 3.05) is 5.32 Å². The summed E-state index contributed by atoms with van der Waals surface area (Å²) in [7, 11) is 0. The van der Waals surface area contributed by atoms with Crippen molar-refractivity contribution < 1.29 is 4.79 Å². The monoisotopic (exact) mass is 472 g/mol. The molecule has 30 heavy (non-hydrogen) atoms. The second-order valence-corrected chi connectivity index (χ2v) is 9.00. The molecule has 0 aliphatic heterocycles. The molecule has 5 rings (SSSR count). The van der Waals surface area contributed by atoms with Crippen LogP contribution in [0.4, 0.5) is 5.69 Å². The normalized spacial score (nSPS) is 11.1. The SMILES string of the molecule is Cc1cc(-c2nc3ccccc3s2)ccc1NC(=O)c1cccc2c(Br)cccc12. The molecule has 0 unspecified atom stereocenters. The zero-order valence-corrected chi connectivity index (χ0v) is 18.5. The summed E-state index contributed by atoms with van der Waals surface area (Å²) in [6.45, 7) is 2.01. The third-order valence-corrected chi connectivity index (χ3v) is 6.91. The van der Waals surface area contributed by atoms with Gasteiger partial charge in [-0.3, -0.25) is 4.79 Å². The first-order valence-corrected chi connectivity index (χ1v) is 11.2. The summed E-state index contributed by atoms with van der Waals surface area (Å²) < 4.78 is 2.15. The van der Waals surface area contributed by atoms with E-state index in [0.29, 0.717) is 5.56 Å². The van der Waals surface area contributed by atoms with Gasteiger partial charge in [-0.15, -0.1) is 11.3 Å². The van der Waals surface area contributed by atoms with Gasteiger partial charge in [-0.1, -0.05) is 52.3 Å². The van der Waals surface area contributed by atoms with E-state index < -0.39 is 0 Å². The number of rotatable bonds is 3. The first kappa shape index (κ1) is 19.0. The third-order valence-electron chi connectivity index (χ3n) is 5.13. The Hall–Kier alpha value is -3.02. The zero-order valence-electron chi connectivity index (χ0n) is 16.1. The summed E-state index contributed by atoms with van der Waals surface area (Å²) >= 11 is 5.24. The van der Waals surface area contributed by atoms with Gasteiger partial charge in [0.05, 0.1) is 10.2 Å². The van der Waals surface area contributed by atoms with E-state index >= 15 is 0 Å². The lowest BCUT2D eigenvalue weighted by Gasteiger charge is -2.12. The number of nitrogens with one attached hydrogen (secondary N) is 1. The number of aromatic nitrogens is 1. The summed E-state index contributed by atoms with van der Waals surface area (Å²) in [4.78, 5) is 17.8. The standard InChI is InChI=1S/C25H17BrN2OS/c1-15-14-16(25-28-22-10-2-3-11-23(22)30-25)12-13-21(15)27-24(29)19-8-4-7-18-17(19)6-5-9-20(18)26/h2-14H,1H3,(H,27,29). The van der Waals surface area contributed by atoms with Gasteiger partial charge in [0, 0.05) is 21.3 Å². The Bertz CT molecular complexity index is 1390. The summed E-state index contributed by atoms with van der Waals surface area (Å²) in [6, 6.07) is 25.9. The van der Waals surface area contributed by atoms with Crippen LogP contribution in [0.3, 0.4) is 0 Å². The Labute approximate surface area is 186 Å². The molecule has 0 aliphatic carbocycles. The van der Waals surface area contributed by atoms with Crippen LogP contribution in [0.15, 0.2) is 83.3 Å². The highest BCUT2D eigenvalue weighted by molar-refractivity contribution is 9.10. The molecule has 0 bridgehead atoms. The van der Waals surface area contributed by atoms with Gasteiger partial charge in [0.15, 0.2) is 0 Å². The largest absolute Gasteiger partial charge is 0.322 e. The molecule has 1 amide bonds. The summed E-state index contributed by atoms with van der Waals surface area (Å²) in [6.07, 6.45) is 0. The highest BCUT2D eigenvalue weighted by atomic mass is 79.9. The number of hydrogen-bond donors (Lipinski definition) is 1. The van der Waals surface area contributed by atoms with Crippen LogP contribution in [-0.2, 0) is 0 Å². The van der Waals surface area contributed by atoms with Gasteiger partial charge >= 0.3 is 0 Å². The predicted molar refractivity (Wildman–Crippen MR) is 129 cm³/mol. The fourth-order valence-electron chi connectivity index (χ4n) is 3.59. The number of benzene rings is 4. The molecule has 0 saturated carbocycles. The summed E-state index contributed by atoms with van der Waals surface area (Å²) in [5.74, 6) is -0.116. The number of nitrogens with zero attached hydrogens (tertiary/aromatic N) is 1. The topological polar surface area (TPSA) is 42.0 Å². The van der Waals surface area contributed by atoms with Gasteiger partial charge in [-0.05, 0) is 65.7 Å². The maximum absolute atomic E-state index is 13.0. The number of hydrogen-bond acceptors (Lipinski definition) is 3. The molecule has 5 heteroatoms. The third kappa shape index (κ3) is 3.40. The molecular weight excluding hydrogens is 456 g/mol. The van der Waals surface area contributed by atoms with Gasteiger partial charge in [0.25, 0.3) is 5.91 Å². The molecule has 5 aromatic rings. The molecule has 0 atom stereocenters. The second-order valence-electron chi connectivity index (χ2n) is 7.11. The van der Waals surface area contributed by atoms with Crippen molar-refractivity contribution in [3.05, 3.63) is 94.5 Å². The fraction of sp³-hybridized carbons (Fsp3) is 0.0400. The number of carbonyl (C=O) groups is 1. The van der Waals surface area contributed by atoms with E-state index in [-0.39, 0.29) is 5.91 Å². The Morgan fingerprint density at radius 3 is 2.57 bits per heavy atom. The number of carbonyl (C=O) groups excluding carboxylic acids is 1. The lowest BCUT2D eigenvalue weighted by molar-refractivity contribution is 0.102. The average Bonchev–Trinajstić information content (AvgIpc) is 3.19. The minimum atomic E-state index is -0.116. The molecular formula is C25H17BrN2OS. The second kappa shape index (κ2) is 7.67. The number of thiazole rings is 1. The fourth-order valence-corrected chi connectivity index (χ4v) is 5.05. The number of aryl methyl sites for hydroxylation is 1. The number of para-hydroxylation sites is 1. The predicted octanol–water partition coefficient (Wildman–Crippen LogP) is 7.44. The zero-order chi connectivity index (χ0) is 20.7. The minimum absolute atomic E-state index is 0.116. The smallest absolute Gasteiger partial charge is 0.256 e. The van der Waals surface area contributed by atoms with Crippen molar-refractivity contribution in [3.63, 3.8) is 0 Å². The molecule has 0 saturated heterocycles. The lowest BCUT2D eigenvalue weighted by atomic mass is 10.0. The van der Waals surface area contributed by atoms with Crippen LogP contribution in [0.5, 0.6) is 0 Å². The first-order chi connectivity index (χ1) is 14.6. The van der Waals surface area contributed by atoms with E-state index in [9.17, 15) is 4.79 Å². The van der Waals surface area contributed by atoms with Gasteiger partial charge < -0.3 is 5.32 Å². The van der Waals surface area contributed by atoms with E-state index in [1.54, 1.807) is 11.3 Å². The Kier molecular flexibility index (Phi) is 4.85. The molecule has 0 aliphatic rings. The number of fused-ring (bicyclic) bond motifs is 2. The van der Waals surface area contributed by atoms with Gasteiger partial charge in [0.1, 0.15) is 5.01 Å². The molecule has 0 radical (unpaired) electrons. The van der Waals surface area contributed by atoms with E-state index in [4.69, 9.17) is 4.98 Å². The molecule has 1 heterocycles. The number of anilines is 1. The lowest BCUT2D eigenvalue weighted by Crippen LogP contribution is -2.13. The van der Waals surface area contributed by atoms with Crippen LogP contribution < -0.4 is 5.32 Å². The van der Waals surface area contributed by atoms with Crippen molar-refractivity contribution in [2.45, 2.75) is 6.92 Å². The van der Waals surface area contributed by atoms with E-state index in [2.05, 4.69) is 33.4 Å². The molecule has 4 aromatic carbocycles. The van der Waals surface area contributed by atoms with Crippen molar-refractivity contribution in [3.8, 4) is 10.6 Å². The quantitative estimate of drug-likeness (QED) is 0.296. The molecule has 3 nitrogen and oxygen atoms in total. The van der Waals surface area contributed by atoms with Crippen LogP contribution in [0.1, 0.15) is 15.9 Å². The average molecular weight is 473 g/mol. The molecule has 1 aromatic heterocycles. The Morgan fingerprint density at radius 1 is 0.933 bits per heavy atom. The van der Waals surface area contributed by atoms with Crippen LogP contribution in [0.25, 0.3) is 31.6 Å². The van der Waals surface area contributed by atoms with E-state index in [1.165, 1.54) is 4.70 Å². The van der Waals surface area contributed by atoms with Crippen LogP contribution >= 0.6 is 27.3 Å². The van der Waals surface area contributed by atoms with Gasteiger partial charge in [0.2, 0.25) is 0 Å².